The molecule has 0 spiro atoms. The molecule has 0 atom stereocenters. The van der Waals surface area contributed by atoms with Crippen molar-refractivity contribution < 1.29 is 14.3 Å². The molecular formula is C47H33N5O3. The van der Waals surface area contributed by atoms with E-state index >= 15 is 0 Å². The van der Waals surface area contributed by atoms with Crippen LogP contribution in [0, 0.1) is 0 Å². The number of ether oxygens (including phenoxy) is 1. The van der Waals surface area contributed by atoms with Gasteiger partial charge < -0.3 is 20.0 Å². The van der Waals surface area contributed by atoms with Gasteiger partial charge in [-0.05, 0) is 71.3 Å². The molecule has 3 aromatic heterocycles. The molecule has 0 fully saturated rings. The normalized spacial score (nSPS) is 11.7. The van der Waals surface area contributed by atoms with E-state index < -0.39 is 11.9 Å². The van der Waals surface area contributed by atoms with Crippen LogP contribution in [0.4, 0.5) is 5.69 Å². The average Bonchev–Trinajstić information content (AvgIpc) is 4.07. The number of para-hydroxylation sites is 1. The minimum absolute atomic E-state index is 0.433. The topological polar surface area (TPSA) is 113 Å². The average molecular weight is 716 g/mol. The van der Waals surface area contributed by atoms with Gasteiger partial charge in [0.2, 0.25) is 0 Å². The number of nitrogens with zero attached hydrogens (tertiary/aromatic N) is 2. The highest BCUT2D eigenvalue weighted by atomic mass is 16.5. The second kappa shape index (κ2) is 14.1. The van der Waals surface area contributed by atoms with E-state index in [0.29, 0.717) is 16.9 Å². The second-order valence-corrected chi connectivity index (χ2v) is 13.1. The maximum Gasteiger partial charge on any atom is 0.396 e. The summed E-state index contributed by atoms with van der Waals surface area (Å²) in [6, 6.07) is 46.3. The quantitative estimate of drug-likeness (QED) is 0.121. The van der Waals surface area contributed by atoms with Gasteiger partial charge in [0.05, 0.1) is 29.9 Å². The van der Waals surface area contributed by atoms with Crippen molar-refractivity contribution >= 4 is 63.9 Å². The van der Waals surface area contributed by atoms with Crippen LogP contribution in [0.15, 0.2) is 140 Å². The molecule has 4 aromatic carbocycles. The Labute approximate surface area is 316 Å². The number of aromatic nitrogens is 4. The molecule has 0 aliphatic carbocycles. The smallest absolute Gasteiger partial charge is 0.396 e. The van der Waals surface area contributed by atoms with E-state index in [0.717, 1.165) is 78.1 Å². The molecule has 0 unspecified atom stereocenters. The summed E-state index contributed by atoms with van der Waals surface area (Å²) in [6.45, 7) is 0. The Kier molecular flexibility index (Phi) is 8.53. The van der Waals surface area contributed by atoms with Gasteiger partial charge in [0.15, 0.2) is 0 Å². The van der Waals surface area contributed by atoms with Gasteiger partial charge in [-0.1, -0.05) is 109 Å². The van der Waals surface area contributed by atoms with Crippen LogP contribution in [0.25, 0.3) is 90.9 Å². The molecule has 3 N–H and O–H groups in total. The number of carbonyl (C=O) groups is 2. The molecule has 9 rings (SSSR count). The van der Waals surface area contributed by atoms with Crippen LogP contribution in [0.1, 0.15) is 22.8 Å². The Morgan fingerprint density at radius 1 is 0.473 bits per heavy atom. The standard InChI is InChI=1S/C47H33N5O3/c1-55-47(54)46(53)52-33-20-12-11-19-32(33)45-40-27-25-38(50-40)43(30-15-7-3-8-16-30)36-23-21-34(48-36)42(29-13-5-2-6-14-29)35-22-24-37(49-35)44(31-17-9-4-10-18-31)39-26-28-41(45)51-39/h2-28,48,51H,1H3,(H,52,53). The molecule has 7 aromatic rings. The maximum absolute atomic E-state index is 12.9. The number of benzene rings is 4. The zero-order valence-electron chi connectivity index (χ0n) is 29.7. The first kappa shape index (κ1) is 33.3. The predicted octanol–water partition coefficient (Wildman–Crippen LogP) is 10.4. The summed E-state index contributed by atoms with van der Waals surface area (Å²) in [7, 11) is 1.18. The lowest BCUT2D eigenvalue weighted by molar-refractivity contribution is -0.150. The van der Waals surface area contributed by atoms with Crippen molar-refractivity contribution in [1.82, 2.24) is 19.9 Å². The summed E-state index contributed by atoms with van der Waals surface area (Å²) in [4.78, 5) is 43.2. The summed E-state index contributed by atoms with van der Waals surface area (Å²) in [5.74, 6) is -1.86. The fourth-order valence-electron chi connectivity index (χ4n) is 7.29. The number of esters is 1. The number of hydrogen-bond donors (Lipinski definition) is 3. The van der Waals surface area contributed by atoms with Gasteiger partial charge in [-0.15, -0.1) is 0 Å². The molecule has 5 heterocycles. The largest absolute Gasteiger partial charge is 0.462 e. The predicted molar refractivity (Wildman–Crippen MR) is 221 cm³/mol. The van der Waals surface area contributed by atoms with Crippen LogP contribution in [0.3, 0.4) is 0 Å². The third-order valence-corrected chi connectivity index (χ3v) is 9.76. The van der Waals surface area contributed by atoms with Crippen LogP contribution in [0.5, 0.6) is 0 Å². The molecule has 264 valence electrons. The summed E-state index contributed by atoms with van der Waals surface area (Å²) in [5, 5.41) is 2.76. The Morgan fingerprint density at radius 3 is 1.25 bits per heavy atom. The van der Waals surface area contributed by atoms with Gasteiger partial charge >= 0.3 is 11.9 Å². The van der Waals surface area contributed by atoms with Gasteiger partial charge in [0, 0.05) is 55.6 Å². The molecule has 8 bridgehead atoms. The highest BCUT2D eigenvalue weighted by molar-refractivity contribution is 6.37. The van der Waals surface area contributed by atoms with E-state index in [1.165, 1.54) is 7.11 Å². The molecule has 2 aliphatic rings. The monoisotopic (exact) mass is 715 g/mol. The van der Waals surface area contributed by atoms with Gasteiger partial charge in [0.1, 0.15) is 0 Å². The first-order valence-electron chi connectivity index (χ1n) is 17.9. The van der Waals surface area contributed by atoms with E-state index in [4.69, 9.17) is 14.7 Å². The Morgan fingerprint density at radius 2 is 0.836 bits per heavy atom. The zero-order chi connectivity index (χ0) is 37.3. The molecule has 0 saturated heterocycles. The van der Waals surface area contributed by atoms with Crippen LogP contribution in [-0.4, -0.2) is 38.9 Å². The third-order valence-electron chi connectivity index (χ3n) is 9.76. The Balaban J connectivity index is 1.45. The number of fused-ring (bicyclic) bond motifs is 8. The van der Waals surface area contributed by atoms with Gasteiger partial charge in [-0.25, -0.2) is 14.8 Å². The van der Waals surface area contributed by atoms with Crippen molar-refractivity contribution in [2.24, 2.45) is 0 Å². The number of anilines is 1. The number of methoxy groups -OCH3 is 1. The van der Waals surface area contributed by atoms with Crippen LogP contribution in [0.2, 0.25) is 0 Å². The number of carbonyl (C=O) groups excluding carboxylic acids is 2. The first-order valence-corrected chi connectivity index (χ1v) is 17.9. The maximum atomic E-state index is 12.9. The molecule has 8 heteroatoms. The molecule has 2 aliphatic heterocycles. The number of amides is 1. The molecule has 1 amide bonds. The minimum Gasteiger partial charge on any atom is -0.462 e. The molecule has 0 radical (unpaired) electrons. The van der Waals surface area contributed by atoms with Gasteiger partial charge in [-0.3, -0.25) is 4.79 Å². The molecule has 0 saturated carbocycles. The van der Waals surface area contributed by atoms with Crippen molar-refractivity contribution in [3.05, 3.63) is 162 Å². The van der Waals surface area contributed by atoms with E-state index in [1.54, 1.807) is 12.1 Å². The highest BCUT2D eigenvalue weighted by Crippen LogP contribution is 2.39. The lowest BCUT2D eigenvalue weighted by Crippen LogP contribution is -2.24. The summed E-state index contributed by atoms with van der Waals surface area (Å²) in [6.07, 6.45) is 8.15. The molecule has 55 heavy (non-hydrogen) atoms. The summed E-state index contributed by atoms with van der Waals surface area (Å²) >= 11 is 0. The van der Waals surface area contributed by atoms with Crippen molar-refractivity contribution in [2.75, 3.05) is 12.4 Å². The SMILES string of the molecule is COC(=O)C(=O)Nc1ccccc1-c1c2nc(c(-c3ccccc3)c3ccc([nH]3)c(-c3ccccc3)c3nc(c(-c4ccccc4)c4ccc1[nH]4)C=C3)C=C2. The van der Waals surface area contributed by atoms with Crippen molar-refractivity contribution in [3.8, 4) is 44.5 Å². The summed E-state index contributed by atoms with van der Waals surface area (Å²) < 4.78 is 4.72. The van der Waals surface area contributed by atoms with Crippen LogP contribution < -0.4 is 5.32 Å². The van der Waals surface area contributed by atoms with E-state index in [1.807, 2.05) is 91.0 Å². The molecule has 8 nitrogen and oxygen atoms in total. The lowest BCUT2D eigenvalue weighted by Gasteiger charge is -2.12. The summed E-state index contributed by atoms with van der Waals surface area (Å²) in [5.41, 5.74) is 14.2. The minimum atomic E-state index is -0.988. The van der Waals surface area contributed by atoms with Gasteiger partial charge in [0.25, 0.3) is 0 Å². The first-order chi connectivity index (χ1) is 27.1. The number of rotatable bonds is 5. The fraction of sp³-hybridized carbons (Fsp3) is 0.0213. The lowest BCUT2D eigenvalue weighted by atomic mass is 10.0. The number of aromatic amines is 2. The third kappa shape index (κ3) is 6.21. The molecular weight excluding hydrogens is 683 g/mol. The van der Waals surface area contributed by atoms with E-state index in [-0.39, 0.29) is 0 Å². The van der Waals surface area contributed by atoms with Crippen LogP contribution in [-0.2, 0) is 14.3 Å². The fourth-order valence-corrected chi connectivity index (χ4v) is 7.29. The van der Waals surface area contributed by atoms with E-state index in [2.05, 4.69) is 76.0 Å². The Bertz CT molecular complexity index is 2820. The van der Waals surface area contributed by atoms with Crippen molar-refractivity contribution in [2.45, 2.75) is 0 Å². The zero-order valence-corrected chi connectivity index (χ0v) is 29.7. The second-order valence-electron chi connectivity index (χ2n) is 13.1. The van der Waals surface area contributed by atoms with Crippen LogP contribution >= 0.6 is 0 Å². The van der Waals surface area contributed by atoms with E-state index in [9.17, 15) is 9.59 Å². The number of nitrogens with one attached hydrogen (secondary N) is 3. The Hall–Kier alpha value is -7.58. The highest BCUT2D eigenvalue weighted by Gasteiger charge is 2.21. The number of hydrogen-bond acceptors (Lipinski definition) is 5. The number of H-pyrrole nitrogens is 2. The van der Waals surface area contributed by atoms with Crippen molar-refractivity contribution in [3.63, 3.8) is 0 Å². The van der Waals surface area contributed by atoms with Crippen molar-refractivity contribution in [1.29, 1.82) is 0 Å². The van der Waals surface area contributed by atoms with Gasteiger partial charge in [-0.2, -0.15) is 0 Å².